The number of carbonyl (C=O) groups is 1. The second-order valence-electron chi connectivity index (χ2n) is 13.3. The van der Waals surface area contributed by atoms with Crippen molar-refractivity contribution < 1.29 is 32.7 Å². The first-order valence-electron chi connectivity index (χ1n) is 16.0. The van der Waals surface area contributed by atoms with Crippen LogP contribution in [0.2, 0.25) is 18.1 Å². The monoisotopic (exact) mass is 644 g/mol. The van der Waals surface area contributed by atoms with Gasteiger partial charge in [-0.05, 0) is 43.8 Å². The number of oxime groups is 1. The van der Waals surface area contributed by atoms with Crippen molar-refractivity contribution in [3.8, 4) is 11.1 Å². The lowest BCUT2D eigenvalue weighted by Crippen LogP contribution is -2.48. The number of hydrogen-bond acceptors (Lipinski definition) is 10. The molecule has 0 bridgehead atoms. The van der Waals surface area contributed by atoms with Gasteiger partial charge in [0.05, 0.1) is 44.5 Å². The summed E-state index contributed by atoms with van der Waals surface area (Å²) in [6.45, 7) is 15.6. The van der Waals surface area contributed by atoms with Crippen LogP contribution in [-0.4, -0.2) is 75.8 Å². The fourth-order valence-corrected chi connectivity index (χ4v) is 5.51. The number of hydrogen-bond donors (Lipinski definition) is 0. The number of esters is 1. The van der Waals surface area contributed by atoms with Gasteiger partial charge in [0.25, 0.3) is 0 Å². The first-order valence-corrected chi connectivity index (χ1v) is 18.9. The zero-order valence-corrected chi connectivity index (χ0v) is 28.6. The molecule has 0 spiro atoms. The van der Waals surface area contributed by atoms with Crippen LogP contribution >= 0.6 is 0 Å². The fraction of sp³-hybridized carbons (Fsp3) is 0.636. The molecule has 0 radical (unpaired) electrons. The highest BCUT2D eigenvalue weighted by molar-refractivity contribution is 6.74. The Hall–Kier alpha value is -2.93. The second-order valence-corrected chi connectivity index (χ2v) is 18.1. The van der Waals surface area contributed by atoms with Crippen molar-refractivity contribution >= 4 is 25.9 Å². The standard InChI is InChI=1S/C33H49FN4O6Si/c1-7-11-29(39)41-20-24(21-42-30-14-8-9-15-40-30)22-43-37-27-18-38(19-27)32-35-16-26(17-36-32)28-13-10-12-25(31(28)34)23-44-45(5,6)33(2,3)4/h10,12-13,16-17,24,30H,7-9,11,14-15,18-23H2,1-6H3. The molecule has 12 heteroatoms. The molecular weight excluding hydrogens is 595 g/mol. The molecule has 0 N–H and O–H groups in total. The minimum atomic E-state index is -2.01. The third-order valence-electron chi connectivity index (χ3n) is 8.55. The maximum absolute atomic E-state index is 15.5. The molecular formula is C33H49FN4O6Si. The van der Waals surface area contributed by atoms with Crippen LogP contribution < -0.4 is 4.90 Å². The molecule has 2 aliphatic heterocycles. The Morgan fingerprint density at radius 2 is 1.91 bits per heavy atom. The van der Waals surface area contributed by atoms with E-state index in [0.29, 0.717) is 55.4 Å². The fourth-order valence-electron chi connectivity index (χ4n) is 4.56. The summed E-state index contributed by atoms with van der Waals surface area (Å²) < 4.78 is 38.7. The number of rotatable bonds is 15. The summed E-state index contributed by atoms with van der Waals surface area (Å²) >= 11 is 0. The molecule has 45 heavy (non-hydrogen) atoms. The minimum Gasteiger partial charge on any atom is -0.465 e. The van der Waals surface area contributed by atoms with Crippen molar-refractivity contribution in [1.82, 2.24) is 9.97 Å². The van der Waals surface area contributed by atoms with Gasteiger partial charge in [-0.2, -0.15) is 0 Å². The number of ether oxygens (including phenoxy) is 3. The summed E-state index contributed by atoms with van der Waals surface area (Å²) in [5.41, 5.74) is 2.43. The predicted octanol–water partition coefficient (Wildman–Crippen LogP) is 6.50. The molecule has 2 fully saturated rings. The van der Waals surface area contributed by atoms with E-state index in [1.54, 1.807) is 24.5 Å². The Bertz CT molecular complexity index is 1270. The Labute approximate surface area is 267 Å². The largest absolute Gasteiger partial charge is 0.465 e. The van der Waals surface area contributed by atoms with E-state index in [0.717, 1.165) is 31.4 Å². The van der Waals surface area contributed by atoms with Crippen molar-refractivity contribution in [3.63, 3.8) is 0 Å². The molecule has 2 atom stereocenters. The lowest BCUT2D eigenvalue weighted by Gasteiger charge is -2.36. The zero-order chi connectivity index (χ0) is 32.5. The van der Waals surface area contributed by atoms with Crippen LogP contribution in [0.1, 0.15) is 65.4 Å². The minimum absolute atomic E-state index is 0.0458. The molecule has 2 unspecified atom stereocenters. The Balaban J connectivity index is 1.27. The predicted molar refractivity (Wildman–Crippen MR) is 174 cm³/mol. The van der Waals surface area contributed by atoms with E-state index < -0.39 is 8.32 Å². The molecule has 4 rings (SSSR count). The summed E-state index contributed by atoms with van der Waals surface area (Å²) in [7, 11) is -2.01. The van der Waals surface area contributed by atoms with Crippen molar-refractivity contribution in [1.29, 1.82) is 0 Å². The molecule has 248 valence electrons. The topological polar surface area (TPSA) is 105 Å². The van der Waals surface area contributed by atoms with Crippen molar-refractivity contribution in [2.24, 2.45) is 11.1 Å². The van der Waals surface area contributed by atoms with Crippen molar-refractivity contribution in [2.75, 3.05) is 44.4 Å². The molecule has 1 aromatic carbocycles. The summed E-state index contributed by atoms with van der Waals surface area (Å²) in [6.07, 6.45) is 7.16. The van der Waals surface area contributed by atoms with Gasteiger partial charge >= 0.3 is 5.97 Å². The van der Waals surface area contributed by atoms with Gasteiger partial charge in [0.1, 0.15) is 12.4 Å². The van der Waals surface area contributed by atoms with E-state index in [9.17, 15) is 4.79 Å². The summed E-state index contributed by atoms with van der Waals surface area (Å²) in [6, 6.07) is 5.34. The highest BCUT2D eigenvalue weighted by Gasteiger charge is 2.37. The Morgan fingerprint density at radius 3 is 2.58 bits per heavy atom. The van der Waals surface area contributed by atoms with Gasteiger partial charge in [-0.1, -0.05) is 51.0 Å². The molecule has 2 aromatic rings. The third kappa shape index (κ3) is 10.0. The Kier molecular flexibility index (Phi) is 12.5. The molecule has 10 nitrogen and oxygen atoms in total. The maximum Gasteiger partial charge on any atom is 0.305 e. The van der Waals surface area contributed by atoms with Crippen LogP contribution in [0.15, 0.2) is 35.7 Å². The van der Waals surface area contributed by atoms with Gasteiger partial charge in [0.2, 0.25) is 5.95 Å². The summed E-state index contributed by atoms with van der Waals surface area (Å²) in [5.74, 6) is -0.157. The lowest BCUT2D eigenvalue weighted by molar-refractivity contribution is -0.176. The third-order valence-corrected chi connectivity index (χ3v) is 13.0. The molecule has 0 aliphatic carbocycles. The van der Waals surface area contributed by atoms with E-state index in [4.69, 9.17) is 23.5 Å². The molecule has 1 aromatic heterocycles. The van der Waals surface area contributed by atoms with Crippen molar-refractivity contribution in [2.45, 2.75) is 90.8 Å². The van der Waals surface area contributed by atoms with Crippen LogP contribution in [0, 0.1) is 11.7 Å². The SMILES string of the molecule is CCCC(=O)OCC(CON=C1CN(c2ncc(-c3cccc(CO[Si](C)(C)C(C)(C)C)c3F)cn2)C1)COC1CCCCO1. The molecule has 0 saturated carbocycles. The molecule has 2 aliphatic rings. The first kappa shape index (κ1) is 34.9. The van der Waals surface area contributed by atoms with Crippen LogP contribution in [0.25, 0.3) is 11.1 Å². The summed E-state index contributed by atoms with van der Waals surface area (Å²) in [4.78, 5) is 28.4. The second kappa shape index (κ2) is 16.1. The normalized spacial score (nSPS) is 17.9. The van der Waals surface area contributed by atoms with Gasteiger partial charge in [0.15, 0.2) is 14.6 Å². The first-order chi connectivity index (χ1) is 21.5. The molecule has 0 amide bonds. The number of benzene rings is 1. The highest BCUT2D eigenvalue weighted by atomic mass is 28.4. The number of halogens is 1. The quantitative estimate of drug-likeness (QED) is 0.122. The van der Waals surface area contributed by atoms with Gasteiger partial charge < -0.3 is 28.4 Å². The van der Waals surface area contributed by atoms with Crippen LogP contribution in [-0.2, 0) is 34.9 Å². The number of aromatic nitrogens is 2. The Morgan fingerprint density at radius 1 is 1.16 bits per heavy atom. The van der Waals surface area contributed by atoms with E-state index in [1.165, 1.54) is 0 Å². The van der Waals surface area contributed by atoms with Crippen molar-refractivity contribution in [3.05, 3.63) is 42.0 Å². The van der Waals surface area contributed by atoms with E-state index in [2.05, 4.69) is 49.0 Å². The van der Waals surface area contributed by atoms with Crippen LogP contribution in [0.3, 0.4) is 0 Å². The average molecular weight is 645 g/mol. The molecule has 2 saturated heterocycles. The highest BCUT2D eigenvalue weighted by Crippen LogP contribution is 2.37. The van der Waals surface area contributed by atoms with Crippen LogP contribution in [0.4, 0.5) is 10.3 Å². The van der Waals surface area contributed by atoms with E-state index >= 15 is 4.39 Å². The van der Waals surface area contributed by atoms with Gasteiger partial charge in [0, 0.05) is 42.1 Å². The molecule has 3 heterocycles. The average Bonchev–Trinajstić information content (AvgIpc) is 2.99. The number of carbonyl (C=O) groups excluding carboxylic acids is 1. The van der Waals surface area contributed by atoms with E-state index in [1.807, 2.05) is 17.9 Å². The maximum atomic E-state index is 15.5. The summed E-state index contributed by atoms with van der Waals surface area (Å²) in [5, 5.41) is 4.32. The smallest absolute Gasteiger partial charge is 0.305 e. The lowest BCUT2D eigenvalue weighted by atomic mass is 10.1. The number of anilines is 1. The van der Waals surface area contributed by atoms with E-state index in [-0.39, 0.29) is 48.9 Å². The number of nitrogens with zero attached hydrogens (tertiary/aromatic N) is 4. The van der Waals surface area contributed by atoms with Gasteiger partial charge in [-0.25, -0.2) is 14.4 Å². The zero-order valence-electron chi connectivity index (χ0n) is 27.6. The van der Waals surface area contributed by atoms with Gasteiger partial charge in [-0.3, -0.25) is 4.79 Å². The van der Waals surface area contributed by atoms with Crippen LogP contribution in [0.5, 0.6) is 0 Å². The van der Waals surface area contributed by atoms with Gasteiger partial charge in [-0.15, -0.1) is 0 Å².